The van der Waals surface area contributed by atoms with E-state index in [1.807, 2.05) is 0 Å². The zero-order valence-electron chi connectivity index (χ0n) is 8.88. The van der Waals surface area contributed by atoms with E-state index in [0.717, 1.165) is 0 Å². The molecule has 0 aromatic carbocycles. The van der Waals surface area contributed by atoms with Crippen molar-refractivity contribution < 1.29 is 34.7 Å². The summed E-state index contributed by atoms with van der Waals surface area (Å²) >= 11 is 0. The Morgan fingerprint density at radius 2 is 1.65 bits per heavy atom. The average molecular weight is 250 g/mol. The molecule has 17 heavy (non-hydrogen) atoms. The molecule has 0 aliphatic heterocycles. The number of hydrogen-bond acceptors (Lipinski definition) is 7. The molecule has 0 heterocycles. The molecule has 0 spiro atoms. The zero-order chi connectivity index (χ0) is 13.5. The lowest BCUT2D eigenvalue weighted by molar-refractivity contribution is -0.233. The minimum Gasteiger partial charge on any atom is -0.481 e. The first-order valence-electron chi connectivity index (χ1n) is 4.58. The van der Waals surface area contributed by atoms with Gasteiger partial charge in [-0.15, -0.1) is 0 Å². The Labute approximate surface area is 96.1 Å². The fourth-order valence-corrected chi connectivity index (χ4v) is 1.27. The van der Waals surface area contributed by atoms with Crippen molar-refractivity contribution in [2.75, 3.05) is 13.1 Å². The predicted octanol–water partition coefficient (Wildman–Crippen LogP) is -1.76. The number of carboxylic acid groups (broad SMARTS) is 2. The van der Waals surface area contributed by atoms with Gasteiger partial charge in [-0.1, -0.05) is 0 Å². The SMILES string of the molecule is NCC(CC(=O)O)(CC(=O)O)NCC(=O)OO. The number of carbonyl (C=O) groups excluding carboxylic acids is 1. The number of hydrogen-bond donors (Lipinski definition) is 5. The number of carboxylic acids is 2. The number of nitrogens with two attached hydrogens (primary N) is 1. The Bertz CT molecular complexity index is 288. The third-order valence-corrected chi connectivity index (χ3v) is 2.08. The number of rotatable bonds is 8. The van der Waals surface area contributed by atoms with Gasteiger partial charge in [0.15, 0.2) is 0 Å². The third-order valence-electron chi connectivity index (χ3n) is 2.08. The van der Waals surface area contributed by atoms with Gasteiger partial charge in [-0.3, -0.25) is 19.8 Å². The minimum atomic E-state index is -1.47. The highest BCUT2D eigenvalue weighted by Crippen LogP contribution is 2.14. The van der Waals surface area contributed by atoms with Crippen molar-refractivity contribution in [2.24, 2.45) is 5.73 Å². The summed E-state index contributed by atoms with van der Waals surface area (Å²) in [5.74, 6) is -3.60. The second kappa shape index (κ2) is 6.78. The van der Waals surface area contributed by atoms with Crippen molar-refractivity contribution in [2.45, 2.75) is 18.4 Å². The maximum absolute atomic E-state index is 10.7. The largest absolute Gasteiger partial charge is 0.481 e. The highest BCUT2D eigenvalue weighted by Gasteiger charge is 2.34. The molecule has 0 unspecified atom stereocenters. The molecule has 0 atom stereocenters. The van der Waals surface area contributed by atoms with Gasteiger partial charge in [-0.25, -0.2) is 4.79 Å². The van der Waals surface area contributed by atoms with Crippen molar-refractivity contribution in [3.63, 3.8) is 0 Å². The van der Waals surface area contributed by atoms with E-state index < -0.39 is 42.8 Å². The molecule has 9 nitrogen and oxygen atoms in total. The number of aliphatic carboxylic acids is 2. The summed E-state index contributed by atoms with van der Waals surface area (Å²) in [6.45, 7) is -0.849. The molecule has 0 radical (unpaired) electrons. The van der Waals surface area contributed by atoms with E-state index >= 15 is 0 Å². The normalized spacial score (nSPS) is 10.9. The summed E-state index contributed by atoms with van der Waals surface area (Å²) in [7, 11) is 0. The molecule has 0 saturated heterocycles. The van der Waals surface area contributed by atoms with E-state index in [1.54, 1.807) is 0 Å². The topological polar surface area (TPSA) is 159 Å². The van der Waals surface area contributed by atoms with E-state index in [-0.39, 0.29) is 6.54 Å². The lowest BCUT2D eigenvalue weighted by Gasteiger charge is -2.30. The minimum absolute atomic E-state index is 0.301. The van der Waals surface area contributed by atoms with Gasteiger partial charge in [0.25, 0.3) is 0 Å². The molecule has 0 amide bonds. The average Bonchev–Trinajstić information content (AvgIpc) is 2.23. The van der Waals surface area contributed by atoms with Crippen molar-refractivity contribution >= 4 is 17.9 Å². The maximum atomic E-state index is 10.7. The molecule has 0 aliphatic carbocycles. The van der Waals surface area contributed by atoms with Crippen LogP contribution in [0.3, 0.4) is 0 Å². The Morgan fingerprint density at radius 3 is 1.94 bits per heavy atom. The Morgan fingerprint density at radius 1 is 1.18 bits per heavy atom. The molecule has 6 N–H and O–H groups in total. The van der Waals surface area contributed by atoms with Gasteiger partial charge in [-0.05, 0) is 0 Å². The number of carbonyl (C=O) groups is 3. The zero-order valence-corrected chi connectivity index (χ0v) is 8.88. The van der Waals surface area contributed by atoms with E-state index in [9.17, 15) is 14.4 Å². The summed E-state index contributed by atoms with van der Waals surface area (Å²) < 4.78 is 0. The van der Waals surface area contributed by atoms with Crippen LogP contribution < -0.4 is 11.1 Å². The molecular weight excluding hydrogens is 236 g/mol. The van der Waals surface area contributed by atoms with Gasteiger partial charge < -0.3 is 15.9 Å². The van der Waals surface area contributed by atoms with Gasteiger partial charge >= 0.3 is 17.9 Å². The third kappa shape index (κ3) is 5.80. The fraction of sp³-hybridized carbons (Fsp3) is 0.625. The van der Waals surface area contributed by atoms with Gasteiger partial charge in [0, 0.05) is 6.54 Å². The predicted molar refractivity (Wildman–Crippen MR) is 53.0 cm³/mol. The van der Waals surface area contributed by atoms with Crippen LogP contribution in [0.4, 0.5) is 0 Å². The highest BCUT2D eigenvalue weighted by atomic mass is 17.1. The van der Waals surface area contributed by atoms with Crippen LogP contribution in [-0.4, -0.2) is 52.0 Å². The Balaban J connectivity index is 4.71. The van der Waals surface area contributed by atoms with Crippen LogP contribution in [0.15, 0.2) is 0 Å². The first kappa shape index (κ1) is 15.3. The van der Waals surface area contributed by atoms with Crippen LogP contribution in [0.5, 0.6) is 0 Å². The van der Waals surface area contributed by atoms with E-state index in [1.165, 1.54) is 0 Å². The molecule has 9 heteroatoms. The second-order valence-corrected chi connectivity index (χ2v) is 3.44. The summed E-state index contributed by atoms with van der Waals surface area (Å²) in [6.07, 6.45) is -1.15. The molecule has 0 aliphatic rings. The van der Waals surface area contributed by atoms with Crippen LogP contribution in [-0.2, 0) is 19.3 Å². The lowest BCUT2D eigenvalue weighted by Crippen LogP contribution is -2.55. The molecule has 0 saturated carbocycles. The molecule has 0 aromatic rings. The quantitative estimate of drug-likeness (QED) is 0.248. The van der Waals surface area contributed by atoms with E-state index in [2.05, 4.69) is 10.2 Å². The summed E-state index contributed by atoms with van der Waals surface area (Å²) in [4.78, 5) is 35.3. The monoisotopic (exact) mass is 250 g/mol. The number of nitrogens with one attached hydrogen (secondary N) is 1. The van der Waals surface area contributed by atoms with Crippen LogP contribution >= 0.6 is 0 Å². The molecule has 0 rings (SSSR count). The van der Waals surface area contributed by atoms with Crippen molar-refractivity contribution in [1.82, 2.24) is 5.32 Å². The lowest BCUT2D eigenvalue weighted by atomic mass is 9.91. The Kier molecular flexibility index (Phi) is 6.10. The summed E-state index contributed by atoms with van der Waals surface area (Å²) in [5.41, 5.74) is 3.86. The van der Waals surface area contributed by atoms with Gasteiger partial charge in [0.05, 0.1) is 24.9 Å². The highest BCUT2D eigenvalue weighted by molar-refractivity contribution is 5.74. The molecule has 0 fully saturated rings. The molecule has 0 bridgehead atoms. The van der Waals surface area contributed by atoms with Crippen LogP contribution in [0.1, 0.15) is 12.8 Å². The van der Waals surface area contributed by atoms with Crippen LogP contribution in [0.2, 0.25) is 0 Å². The summed E-state index contributed by atoms with van der Waals surface area (Å²) in [5, 5.41) is 27.7. The smallest absolute Gasteiger partial charge is 0.355 e. The first-order chi connectivity index (χ1) is 7.85. The molecule has 0 aromatic heterocycles. The van der Waals surface area contributed by atoms with E-state index in [0.29, 0.717) is 0 Å². The fourth-order valence-electron chi connectivity index (χ4n) is 1.27. The van der Waals surface area contributed by atoms with Gasteiger partial charge in [-0.2, -0.15) is 5.26 Å². The van der Waals surface area contributed by atoms with Crippen molar-refractivity contribution in [3.05, 3.63) is 0 Å². The van der Waals surface area contributed by atoms with Crippen LogP contribution in [0, 0.1) is 0 Å². The first-order valence-corrected chi connectivity index (χ1v) is 4.58. The van der Waals surface area contributed by atoms with E-state index in [4.69, 9.17) is 21.2 Å². The Hall–Kier alpha value is -1.71. The van der Waals surface area contributed by atoms with Gasteiger partial charge in [0.2, 0.25) is 0 Å². The maximum Gasteiger partial charge on any atom is 0.355 e. The van der Waals surface area contributed by atoms with Crippen molar-refractivity contribution in [1.29, 1.82) is 0 Å². The molecular formula is C8H14N2O7. The van der Waals surface area contributed by atoms with Crippen molar-refractivity contribution in [3.8, 4) is 0 Å². The molecule has 98 valence electrons. The standard InChI is InChI=1S/C8H14N2O7/c9-4-8(1-5(11)12,2-6(13)14)10-3-7(15)17-16/h10,16H,1-4,9H2,(H,11,12)(H,13,14). The summed E-state index contributed by atoms with van der Waals surface area (Å²) in [6, 6.07) is 0. The second-order valence-electron chi connectivity index (χ2n) is 3.44. The van der Waals surface area contributed by atoms with Crippen LogP contribution in [0.25, 0.3) is 0 Å². The van der Waals surface area contributed by atoms with Gasteiger partial charge in [0.1, 0.15) is 0 Å².